The lowest BCUT2D eigenvalue weighted by Gasteiger charge is -2.31. The molecule has 0 spiro atoms. The van der Waals surface area contributed by atoms with Gasteiger partial charge in [-0.2, -0.15) is 0 Å². The highest BCUT2D eigenvalue weighted by Crippen LogP contribution is 2.23. The van der Waals surface area contributed by atoms with Crippen molar-refractivity contribution in [1.82, 2.24) is 4.90 Å². The van der Waals surface area contributed by atoms with Gasteiger partial charge in [0.2, 0.25) is 5.91 Å². The highest BCUT2D eigenvalue weighted by molar-refractivity contribution is 8.00. The molecule has 0 aliphatic heterocycles. The first-order valence-corrected chi connectivity index (χ1v) is 8.03. The Morgan fingerprint density at radius 2 is 1.95 bits per heavy atom. The second-order valence-electron chi connectivity index (χ2n) is 5.20. The number of ether oxygens (including phenoxy) is 1. The minimum absolute atomic E-state index is 0.121. The maximum absolute atomic E-state index is 12.1. The van der Waals surface area contributed by atoms with Crippen LogP contribution in [-0.4, -0.2) is 48.0 Å². The van der Waals surface area contributed by atoms with Gasteiger partial charge in [0.25, 0.3) is 0 Å². The topological polar surface area (TPSA) is 46.6 Å². The van der Waals surface area contributed by atoms with E-state index in [1.54, 1.807) is 0 Å². The molecule has 0 saturated heterocycles. The molecule has 5 heteroatoms. The van der Waals surface area contributed by atoms with Crippen molar-refractivity contribution in [2.45, 2.75) is 56.7 Å². The van der Waals surface area contributed by atoms with Gasteiger partial charge in [0.1, 0.15) is 0 Å². The number of hydrogen-bond acceptors (Lipinski definition) is 4. The van der Waals surface area contributed by atoms with Crippen LogP contribution in [0.1, 0.15) is 45.4 Å². The summed E-state index contributed by atoms with van der Waals surface area (Å²) in [7, 11) is 3.30. The standard InChI is InChI=1S/C14H25NO3S/c1-11(9-14(17)18-3)19-10-13(16)15(2)12-7-5-4-6-8-12/h11-12H,4-10H2,1-3H3. The average Bonchev–Trinajstić information content (AvgIpc) is 2.44. The summed E-state index contributed by atoms with van der Waals surface area (Å²) in [6, 6.07) is 0.415. The fourth-order valence-electron chi connectivity index (χ4n) is 2.36. The van der Waals surface area contributed by atoms with Crippen LogP contribution in [0.3, 0.4) is 0 Å². The van der Waals surface area contributed by atoms with E-state index in [4.69, 9.17) is 0 Å². The van der Waals surface area contributed by atoms with Crippen molar-refractivity contribution in [2.24, 2.45) is 0 Å². The summed E-state index contributed by atoms with van der Waals surface area (Å²) < 4.78 is 4.62. The third-order valence-electron chi connectivity index (χ3n) is 3.69. The van der Waals surface area contributed by atoms with Gasteiger partial charge >= 0.3 is 5.97 Å². The number of nitrogens with zero attached hydrogens (tertiary/aromatic N) is 1. The number of methoxy groups -OCH3 is 1. The van der Waals surface area contributed by atoms with Gasteiger partial charge in [-0.1, -0.05) is 26.2 Å². The smallest absolute Gasteiger partial charge is 0.306 e. The Morgan fingerprint density at radius 1 is 1.32 bits per heavy atom. The minimum Gasteiger partial charge on any atom is -0.469 e. The van der Waals surface area contributed by atoms with Gasteiger partial charge in [-0.15, -0.1) is 11.8 Å². The minimum atomic E-state index is -0.215. The van der Waals surface area contributed by atoms with Crippen LogP contribution in [0, 0.1) is 0 Å². The summed E-state index contributed by atoms with van der Waals surface area (Å²) in [5, 5.41) is 0.121. The van der Waals surface area contributed by atoms with Crippen LogP contribution in [0.15, 0.2) is 0 Å². The second-order valence-corrected chi connectivity index (χ2v) is 6.63. The maximum atomic E-state index is 12.1. The normalized spacial score (nSPS) is 17.8. The molecule has 1 saturated carbocycles. The maximum Gasteiger partial charge on any atom is 0.306 e. The first-order chi connectivity index (χ1) is 9.04. The van der Waals surface area contributed by atoms with Crippen LogP contribution in [-0.2, 0) is 14.3 Å². The molecule has 1 atom stereocenters. The van der Waals surface area contributed by atoms with E-state index in [2.05, 4.69) is 4.74 Å². The van der Waals surface area contributed by atoms with E-state index in [0.29, 0.717) is 18.2 Å². The Hall–Kier alpha value is -0.710. The van der Waals surface area contributed by atoms with E-state index in [1.165, 1.54) is 38.1 Å². The van der Waals surface area contributed by atoms with E-state index in [0.717, 1.165) is 12.8 Å². The molecule has 110 valence electrons. The van der Waals surface area contributed by atoms with Crippen molar-refractivity contribution >= 4 is 23.6 Å². The Morgan fingerprint density at radius 3 is 2.53 bits per heavy atom. The molecule has 0 heterocycles. The average molecular weight is 287 g/mol. The molecule has 1 aliphatic carbocycles. The van der Waals surface area contributed by atoms with Gasteiger partial charge in [0, 0.05) is 18.3 Å². The van der Waals surface area contributed by atoms with Crippen LogP contribution in [0.2, 0.25) is 0 Å². The van der Waals surface area contributed by atoms with Gasteiger partial charge < -0.3 is 9.64 Å². The molecule has 0 radical (unpaired) electrons. The lowest BCUT2D eigenvalue weighted by atomic mass is 9.94. The van der Waals surface area contributed by atoms with Crippen LogP contribution >= 0.6 is 11.8 Å². The Balaban J connectivity index is 2.27. The molecule has 1 aliphatic rings. The summed E-state index contributed by atoms with van der Waals surface area (Å²) >= 11 is 1.53. The molecule has 0 N–H and O–H groups in total. The number of amides is 1. The highest BCUT2D eigenvalue weighted by atomic mass is 32.2. The fourth-order valence-corrected chi connectivity index (χ4v) is 3.25. The SMILES string of the molecule is COC(=O)CC(C)SCC(=O)N(C)C1CCCCC1. The fraction of sp³-hybridized carbons (Fsp3) is 0.857. The predicted molar refractivity (Wildman–Crippen MR) is 78.2 cm³/mol. The number of thioether (sulfide) groups is 1. The molecule has 4 nitrogen and oxygen atoms in total. The first kappa shape index (κ1) is 16.3. The molecule has 0 aromatic carbocycles. The van der Waals surface area contributed by atoms with Crippen molar-refractivity contribution in [3.8, 4) is 0 Å². The van der Waals surface area contributed by atoms with Gasteiger partial charge in [-0.05, 0) is 12.8 Å². The van der Waals surface area contributed by atoms with Crippen molar-refractivity contribution in [1.29, 1.82) is 0 Å². The molecule has 1 rings (SSSR count). The molecular weight excluding hydrogens is 262 g/mol. The molecule has 1 amide bonds. The summed E-state index contributed by atoms with van der Waals surface area (Å²) in [5.74, 6) is 0.409. The molecule has 19 heavy (non-hydrogen) atoms. The van der Waals surface area contributed by atoms with E-state index >= 15 is 0 Å². The highest BCUT2D eigenvalue weighted by Gasteiger charge is 2.22. The first-order valence-electron chi connectivity index (χ1n) is 6.98. The molecule has 0 aromatic rings. The number of rotatable bonds is 6. The molecular formula is C14H25NO3S. The van der Waals surface area contributed by atoms with E-state index < -0.39 is 0 Å². The molecule has 1 unspecified atom stereocenters. The quantitative estimate of drug-likeness (QED) is 0.704. The zero-order valence-electron chi connectivity index (χ0n) is 12.2. The number of carbonyl (C=O) groups is 2. The monoisotopic (exact) mass is 287 g/mol. The largest absolute Gasteiger partial charge is 0.469 e. The van der Waals surface area contributed by atoms with Crippen LogP contribution in [0.4, 0.5) is 0 Å². The summed E-state index contributed by atoms with van der Waals surface area (Å²) in [6.07, 6.45) is 6.38. The van der Waals surface area contributed by atoms with Gasteiger partial charge in [-0.25, -0.2) is 0 Å². The number of esters is 1. The Bertz CT molecular complexity index is 303. The zero-order valence-corrected chi connectivity index (χ0v) is 13.0. The number of carbonyl (C=O) groups excluding carboxylic acids is 2. The van der Waals surface area contributed by atoms with Crippen LogP contribution in [0.5, 0.6) is 0 Å². The lowest BCUT2D eigenvalue weighted by molar-refractivity contribution is -0.140. The van der Waals surface area contributed by atoms with Gasteiger partial charge in [-0.3, -0.25) is 9.59 Å². The van der Waals surface area contributed by atoms with Crippen LogP contribution < -0.4 is 0 Å². The summed E-state index contributed by atoms with van der Waals surface area (Å²) in [6.45, 7) is 1.95. The van der Waals surface area contributed by atoms with E-state index in [1.807, 2.05) is 18.9 Å². The Labute approximate surface area is 120 Å². The second kappa shape index (κ2) is 8.46. The van der Waals surface area contributed by atoms with Crippen LogP contribution in [0.25, 0.3) is 0 Å². The van der Waals surface area contributed by atoms with Crippen molar-refractivity contribution in [2.75, 3.05) is 19.9 Å². The van der Waals surface area contributed by atoms with E-state index in [-0.39, 0.29) is 17.1 Å². The van der Waals surface area contributed by atoms with Crippen molar-refractivity contribution in [3.05, 3.63) is 0 Å². The summed E-state index contributed by atoms with van der Waals surface area (Å²) in [5.41, 5.74) is 0. The summed E-state index contributed by atoms with van der Waals surface area (Å²) in [4.78, 5) is 25.1. The van der Waals surface area contributed by atoms with Gasteiger partial charge in [0.05, 0.1) is 19.3 Å². The third kappa shape index (κ3) is 5.85. The molecule has 1 fully saturated rings. The van der Waals surface area contributed by atoms with E-state index in [9.17, 15) is 9.59 Å². The van der Waals surface area contributed by atoms with Crippen molar-refractivity contribution in [3.63, 3.8) is 0 Å². The molecule has 0 aromatic heterocycles. The number of hydrogen-bond donors (Lipinski definition) is 0. The van der Waals surface area contributed by atoms with Crippen molar-refractivity contribution < 1.29 is 14.3 Å². The lowest BCUT2D eigenvalue weighted by Crippen LogP contribution is -2.39. The zero-order chi connectivity index (χ0) is 14.3. The third-order valence-corrected chi connectivity index (χ3v) is 4.84. The predicted octanol–water partition coefficient (Wildman–Crippen LogP) is 2.46. The Kier molecular flexibility index (Phi) is 7.28. The van der Waals surface area contributed by atoms with Gasteiger partial charge in [0.15, 0.2) is 0 Å². The molecule has 0 bridgehead atoms.